The minimum atomic E-state index is -0.116. The standard InChI is InChI=1S/C21H24N2O2/c1-15(22)16-11-13-23(14-12-16)21(25)19-10-6-5-9-18(19)20(24)17-7-3-2-4-8-17/h2-10,15-16H,11-14,22H2,1H3. The topological polar surface area (TPSA) is 63.4 Å². The van der Waals surface area contributed by atoms with Gasteiger partial charge in [0.15, 0.2) is 5.78 Å². The van der Waals surface area contributed by atoms with Crippen molar-refractivity contribution in [2.45, 2.75) is 25.8 Å². The summed E-state index contributed by atoms with van der Waals surface area (Å²) in [5, 5.41) is 0. The van der Waals surface area contributed by atoms with Crippen molar-refractivity contribution >= 4 is 11.7 Å². The third-order valence-electron chi connectivity index (χ3n) is 5.01. The van der Waals surface area contributed by atoms with Crippen molar-refractivity contribution in [3.8, 4) is 0 Å². The largest absolute Gasteiger partial charge is 0.339 e. The number of likely N-dealkylation sites (tertiary alicyclic amines) is 1. The van der Waals surface area contributed by atoms with E-state index < -0.39 is 0 Å². The molecule has 0 saturated carbocycles. The molecule has 0 spiro atoms. The van der Waals surface area contributed by atoms with E-state index in [0.717, 1.165) is 12.8 Å². The van der Waals surface area contributed by atoms with E-state index in [1.54, 1.807) is 30.3 Å². The van der Waals surface area contributed by atoms with Gasteiger partial charge in [0.2, 0.25) is 0 Å². The zero-order valence-corrected chi connectivity index (χ0v) is 14.5. The summed E-state index contributed by atoms with van der Waals surface area (Å²) in [6.45, 7) is 3.41. The van der Waals surface area contributed by atoms with Gasteiger partial charge < -0.3 is 10.6 Å². The highest BCUT2D eigenvalue weighted by Crippen LogP contribution is 2.23. The second-order valence-electron chi connectivity index (χ2n) is 6.73. The van der Waals surface area contributed by atoms with Crippen LogP contribution in [0.15, 0.2) is 54.6 Å². The number of nitrogens with zero attached hydrogens (tertiary/aromatic N) is 1. The first-order valence-electron chi connectivity index (χ1n) is 8.81. The molecule has 25 heavy (non-hydrogen) atoms. The molecule has 1 aliphatic rings. The van der Waals surface area contributed by atoms with E-state index in [4.69, 9.17) is 5.73 Å². The lowest BCUT2D eigenvalue weighted by molar-refractivity contribution is 0.0677. The first kappa shape index (κ1) is 17.4. The highest BCUT2D eigenvalue weighted by Gasteiger charge is 2.27. The predicted octanol–water partition coefficient (Wildman–Crippen LogP) is 3.12. The molecule has 130 valence electrons. The van der Waals surface area contributed by atoms with E-state index in [2.05, 4.69) is 0 Å². The van der Waals surface area contributed by atoms with Crippen LogP contribution in [0.25, 0.3) is 0 Å². The molecule has 4 heteroatoms. The van der Waals surface area contributed by atoms with Crippen molar-refractivity contribution in [1.82, 2.24) is 4.90 Å². The van der Waals surface area contributed by atoms with Crippen LogP contribution in [0.1, 0.15) is 46.0 Å². The minimum absolute atomic E-state index is 0.0667. The summed E-state index contributed by atoms with van der Waals surface area (Å²) in [5.41, 5.74) is 7.52. The highest BCUT2D eigenvalue weighted by atomic mass is 16.2. The maximum Gasteiger partial charge on any atom is 0.254 e. The number of carbonyl (C=O) groups excluding carboxylic acids is 2. The molecule has 1 fully saturated rings. The molecule has 2 N–H and O–H groups in total. The summed E-state index contributed by atoms with van der Waals surface area (Å²) < 4.78 is 0. The summed E-state index contributed by atoms with van der Waals surface area (Å²) in [4.78, 5) is 27.6. The Morgan fingerprint density at radius 3 is 2.12 bits per heavy atom. The van der Waals surface area contributed by atoms with Gasteiger partial charge in [-0.15, -0.1) is 0 Å². The van der Waals surface area contributed by atoms with Crippen LogP contribution in [0.4, 0.5) is 0 Å². The Bertz CT molecular complexity index is 748. The summed E-state index contributed by atoms with van der Waals surface area (Å²) in [6, 6.07) is 16.3. The normalized spacial score (nSPS) is 16.5. The fraction of sp³-hybridized carbons (Fsp3) is 0.333. The Balaban J connectivity index is 1.81. The number of benzene rings is 2. The Morgan fingerprint density at radius 2 is 1.52 bits per heavy atom. The lowest BCUT2D eigenvalue weighted by atomic mass is 9.90. The van der Waals surface area contributed by atoms with Crippen molar-refractivity contribution in [3.63, 3.8) is 0 Å². The third kappa shape index (κ3) is 3.80. The fourth-order valence-electron chi connectivity index (χ4n) is 3.41. The molecule has 2 aromatic rings. The van der Waals surface area contributed by atoms with E-state index in [9.17, 15) is 9.59 Å². The summed E-state index contributed by atoms with van der Waals surface area (Å²) in [6.07, 6.45) is 1.83. The molecule has 0 radical (unpaired) electrons. The van der Waals surface area contributed by atoms with Crippen molar-refractivity contribution in [2.75, 3.05) is 13.1 Å². The van der Waals surface area contributed by atoms with Crippen molar-refractivity contribution < 1.29 is 9.59 Å². The smallest absolute Gasteiger partial charge is 0.254 e. The number of ketones is 1. The summed E-state index contributed by atoms with van der Waals surface area (Å²) in [5.74, 6) is 0.281. The van der Waals surface area contributed by atoms with E-state index in [1.807, 2.05) is 36.1 Å². The van der Waals surface area contributed by atoms with Crippen LogP contribution < -0.4 is 5.73 Å². The van der Waals surface area contributed by atoms with Crippen LogP contribution in [0.2, 0.25) is 0 Å². The van der Waals surface area contributed by atoms with Gasteiger partial charge in [-0.05, 0) is 31.7 Å². The molecule has 0 bridgehead atoms. The molecule has 0 aliphatic carbocycles. The van der Waals surface area contributed by atoms with Gasteiger partial charge in [0.1, 0.15) is 0 Å². The number of rotatable bonds is 4. The number of amides is 1. The van der Waals surface area contributed by atoms with Gasteiger partial charge in [0.05, 0.1) is 5.56 Å². The summed E-state index contributed by atoms with van der Waals surface area (Å²) >= 11 is 0. The predicted molar refractivity (Wildman–Crippen MR) is 98.6 cm³/mol. The molecule has 1 aliphatic heterocycles. The molecule has 1 heterocycles. The Hall–Kier alpha value is -2.46. The highest BCUT2D eigenvalue weighted by molar-refractivity contribution is 6.15. The average molecular weight is 336 g/mol. The second kappa shape index (κ2) is 7.62. The zero-order chi connectivity index (χ0) is 17.8. The molecular weight excluding hydrogens is 312 g/mol. The van der Waals surface area contributed by atoms with Gasteiger partial charge in [-0.3, -0.25) is 9.59 Å². The number of carbonyl (C=O) groups is 2. The maximum atomic E-state index is 13.0. The zero-order valence-electron chi connectivity index (χ0n) is 14.5. The van der Waals surface area contributed by atoms with Gasteiger partial charge in [0, 0.05) is 30.3 Å². The first-order chi connectivity index (χ1) is 12.1. The van der Waals surface area contributed by atoms with E-state index >= 15 is 0 Å². The van der Waals surface area contributed by atoms with Crippen molar-refractivity contribution in [3.05, 3.63) is 71.3 Å². The van der Waals surface area contributed by atoms with Gasteiger partial charge in [-0.1, -0.05) is 48.5 Å². The van der Waals surface area contributed by atoms with Gasteiger partial charge >= 0.3 is 0 Å². The van der Waals surface area contributed by atoms with Crippen molar-refractivity contribution in [1.29, 1.82) is 0 Å². The molecule has 1 amide bonds. The molecule has 1 saturated heterocycles. The minimum Gasteiger partial charge on any atom is -0.339 e. The van der Waals surface area contributed by atoms with Crippen LogP contribution in [-0.2, 0) is 0 Å². The maximum absolute atomic E-state index is 13.0. The van der Waals surface area contributed by atoms with Crippen LogP contribution in [0.5, 0.6) is 0 Å². The van der Waals surface area contributed by atoms with Crippen LogP contribution in [-0.4, -0.2) is 35.7 Å². The average Bonchev–Trinajstić information content (AvgIpc) is 2.67. The molecule has 1 atom stereocenters. The summed E-state index contributed by atoms with van der Waals surface area (Å²) in [7, 11) is 0. The third-order valence-corrected chi connectivity index (χ3v) is 5.01. The van der Waals surface area contributed by atoms with Crippen LogP contribution in [0.3, 0.4) is 0 Å². The second-order valence-corrected chi connectivity index (χ2v) is 6.73. The van der Waals surface area contributed by atoms with E-state index in [0.29, 0.717) is 35.7 Å². The molecule has 0 aromatic heterocycles. The monoisotopic (exact) mass is 336 g/mol. The van der Waals surface area contributed by atoms with Gasteiger partial charge in [-0.2, -0.15) is 0 Å². The number of nitrogens with two attached hydrogens (primary N) is 1. The molecule has 4 nitrogen and oxygen atoms in total. The molecule has 2 aromatic carbocycles. The molecule has 1 unspecified atom stereocenters. The Kier molecular flexibility index (Phi) is 5.29. The van der Waals surface area contributed by atoms with Crippen LogP contribution >= 0.6 is 0 Å². The SMILES string of the molecule is CC(N)C1CCN(C(=O)c2ccccc2C(=O)c2ccccc2)CC1. The quantitative estimate of drug-likeness (QED) is 0.873. The number of hydrogen-bond donors (Lipinski definition) is 1. The Labute approximate surface area is 148 Å². The number of hydrogen-bond acceptors (Lipinski definition) is 3. The lowest BCUT2D eigenvalue weighted by Crippen LogP contribution is -2.42. The van der Waals surface area contributed by atoms with Crippen molar-refractivity contribution in [2.24, 2.45) is 11.7 Å². The molecular formula is C21H24N2O2. The van der Waals surface area contributed by atoms with Crippen LogP contribution in [0, 0.1) is 5.92 Å². The molecule has 3 rings (SSSR count). The van der Waals surface area contributed by atoms with Gasteiger partial charge in [0.25, 0.3) is 5.91 Å². The van der Waals surface area contributed by atoms with E-state index in [1.165, 1.54) is 0 Å². The fourth-order valence-corrected chi connectivity index (χ4v) is 3.41. The van der Waals surface area contributed by atoms with E-state index in [-0.39, 0.29) is 17.7 Å². The van der Waals surface area contributed by atoms with Gasteiger partial charge in [-0.25, -0.2) is 0 Å². The Morgan fingerprint density at radius 1 is 0.960 bits per heavy atom. The first-order valence-corrected chi connectivity index (χ1v) is 8.81. The lowest BCUT2D eigenvalue weighted by Gasteiger charge is -2.34. The number of piperidine rings is 1.